The fraction of sp³-hybridized carbons (Fsp3) is 0.533. The first-order valence-corrected chi connectivity index (χ1v) is 6.70. The molecule has 1 aromatic rings. The first-order valence-electron chi connectivity index (χ1n) is 6.70. The second-order valence-corrected chi connectivity index (χ2v) is 5.04. The Balaban J connectivity index is 2.70. The van der Waals surface area contributed by atoms with E-state index in [1.807, 2.05) is 38.1 Å². The van der Waals surface area contributed by atoms with Crippen LogP contribution in [-0.2, 0) is 0 Å². The number of nitrogens with one attached hydrogen (secondary N) is 2. The third-order valence-corrected chi connectivity index (χ3v) is 2.68. The first-order chi connectivity index (χ1) is 8.52. The van der Waals surface area contributed by atoms with Gasteiger partial charge in [0.25, 0.3) is 5.91 Å². The fourth-order valence-electron chi connectivity index (χ4n) is 1.89. The van der Waals surface area contributed by atoms with E-state index in [2.05, 4.69) is 24.5 Å². The van der Waals surface area contributed by atoms with E-state index in [-0.39, 0.29) is 11.9 Å². The standard InChI is InChI=1S/C15H24N2O/c1-5-7-12(4)17-14-9-6-8-13(10-14)15(18)16-11(2)3/h6,8-12,17H,5,7H2,1-4H3,(H,16,18). The molecule has 1 amide bonds. The van der Waals surface area contributed by atoms with Gasteiger partial charge in [-0.15, -0.1) is 0 Å². The molecule has 18 heavy (non-hydrogen) atoms. The van der Waals surface area contributed by atoms with Crippen molar-refractivity contribution in [2.24, 2.45) is 0 Å². The van der Waals surface area contributed by atoms with Crippen molar-refractivity contribution in [1.29, 1.82) is 0 Å². The Morgan fingerprint density at radius 1 is 1.28 bits per heavy atom. The highest BCUT2D eigenvalue weighted by molar-refractivity contribution is 5.95. The Morgan fingerprint density at radius 2 is 2.00 bits per heavy atom. The van der Waals surface area contributed by atoms with Gasteiger partial charge >= 0.3 is 0 Å². The van der Waals surface area contributed by atoms with Crippen LogP contribution in [0, 0.1) is 0 Å². The summed E-state index contributed by atoms with van der Waals surface area (Å²) < 4.78 is 0. The number of rotatable bonds is 6. The van der Waals surface area contributed by atoms with E-state index in [1.54, 1.807) is 0 Å². The van der Waals surface area contributed by atoms with E-state index in [9.17, 15) is 4.79 Å². The number of benzene rings is 1. The van der Waals surface area contributed by atoms with E-state index in [0.29, 0.717) is 11.6 Å². The van der Waals surface area contributed by atoms with Gasteiger partial charge in [-0.1, -0.05) is 19.4 Å². The van der Waals surface area contributed by atoms with Crippen LogP contribution in [0.15, 0.2) is 24.3 Å². The SMILES string of the molecule is CCCC(C)Nc1cccc(C(=O)NC(C)C)c1. The van der Waals surface area contributed by atoms with Gasteiger partial charge in [-0.05, 0) is 45.4 Å². The minimum atomic E-state index is -0.0169. The van der Waals surface area contributed by atoms with Gasteiger partial charge in [0, 0.05) is 23.3 Å². The molecule has 0 spiro atoms. The molecule has 1 atom stereocenters. The molecule has 0 saturated heterocycles. The molecule has 3 nitrogen and oxygen atoms in total. The van der Waals surface area contributed by atoms with Gasteiger partial charge in [-0.25, -0.2) is 0 Å². The molecule has 0 aliphatic rings. The lowest BCUT2D eigenvalue weighted by Crippen LogP contribution is -2.30. The minimum Gasteiger partial charge on any atom is -0.383 e. The van der Waals surface area contributed by atoms with Gasteiger partial charge in [0.2, 0.25) is 0 Å². The molecule has 3 heteroatoms. The molecule has 0 bridgehead atoms. The molecule has 0 aliphatic heterocycles. The number of carbonyl (C=O) groups is 1. The summed E-state index contributed by atoms with van der Waals surface area (Å²) in [5, 5.41) is 6.31. The summed E-state index contributed by atoms with van der Waals surface area (Å²) >= 11 is 0. The van der Waals surface area contributed by atoms with Gasteiger partial charge in [-0.3, -0.25) is 4.79 Å². The molecular weight excluding hydrogens is 224 g/mol. The van der Waals surface area contributed by atoms with E-state index < -0.39 is 0 Å². The quantitative estimate of drug-likeness (QED) is 0.810. The van der Waals surface area contributed by atoms with Gasteiger partial charge in [0.05, 0.1) is 0 Å². The van der Waals surface area contributed by atoms with Crippen LogP contribution < -0.4 is 10.6 Å². The predicted octanol–water partition coefficient (Wildman–Crippen LogP) is 3.43. The van der Waals surface area contributed by atoms with Gasteiger partial charge in [0.15, 0.2) is 0 Å². The molecule has 1 rings (SSSR count). The van der Waals surface area contributed by atoms with E-state index in [4.69, 9.17) is 0 Å². The summed E-state index contributed by atoms with van der Waals surface area (Å²) in [7, 11) is 0. The minimum absolute atomic E-state index is 0.0169. The molecule has 1 aromatic carbocycles. The van der Waals surface area contributed by atoms with Crippen LogP contribution in [-0.4, -0.2) is 18.0 Å². The molecule has 0 saturated carbocycles. The molecule has 2 N–H and O–H groups in total. The van der Waals surface area contributed by atoms with Crippen molar-refractivity contribution in [1.82, 2.24) is 5.32 Å². The van der Waals surface area contributed by atoms with Crippen LogP contribution in [0.2, 0.25) is 0 Å². The zero-order valence-corrected chi connectivity index (χ0v) is 11.8. The highest BCUT2D eigenvalue weighted by Crippen LogP contribution is 2.13. The molecule has 0 aliphatic carbocycles. The first kappa shape index (κ1) is 14.6. The predicted molar refractivity (Wildman–Crippen MR) is 77.0 cm³/mol. The highest BCUT2D eigenvalue weighted by Gasteiger charge is 2.08. The summed E-state index contributed by atoms with van der Waals surface area (Å²) in [6.45, 7) is 8.25. The molecule has 100 valence electrons. The van der Waals surface area contributed by atoms with Crippen molar-refractivity contribution >= 4 is 11.6 Å². The lowest BCUT2D eigenvalue weighted by Gasteiger charge is -2.15. The Labute approximate surface area is 110 Å². The number of amides is 1. The molecule has 0 fully saturated rings. The van der Waals surface area contributed by atoms with Crippen LogP contribution in [0.5, 0.6) is 0 Å². The Bertz CT molecular complexity index is 388. The summed E-state index contributed by atoms with van der Waals surface area (Å²) in [6, 6.07) is 8.25. The topological polar surface area (TPSA) is 41.1 Å². The molecule has 0 aromatic heterocycles. The zero-order chi connectivity index (χ0) is 13.5. The van der Waals surface area contributed by atoms with Crippen LogP contribution >= 0.6 is 0 Å². The Hall–Kier alpha value is -1.51. The number of anilines is 1. The summed E-state index contributed by atoms with van der Waals surface area (Å²) in [4.78, 5) is 11.9. The molecular formula is C15H24N2O. The lowest BCUT2D eigenvalue weighted by molar-refractivity contribution is 0.0943. The number of hydrogen-bond acceptors (Lipinski definition) is 2. The van der Waals surface area contributed by atoms with Crippen LogP contribution in [0.25, 0.3) is 0 Å². The van der Waals surface area contributed by atoms with Crippen molar-refractivity contribution < 1.29 is 4.79 Å². The monoisotopic (exact) mass is 248 g/mol. The van der Waals surface area contributed by atoms with Crippen molar-refractivity contribution in [3.05, 3.63) is 29.8 Å². The fourth-order valence-corrected chi connectivity index (χ4v) is 1.89. The maximum Gasteiger partial charge on any atom is 0.251 e. The zero-order valence-electron chi connectivity index (χ0n) is 11.8. The van der Waals surface area contributed by atoms with Gasteiger partial charge in [0.1, 0.15) is 0 Å². The van der Waals surface area contributed by atoms with Gasteiger partial charge in [-0.2, -0.15) is 0 Å². The second kappa shape index (κ2) is 7.04. The van der Waals surface area contributed by atoms with E-state index >= 15 is 0 Å². The van der Waals surface area contributed by atoms with E-state index in [0.717, 1.165) is 18.5 Å². The van der Waals surface area contributed by atoms with Crippen molar-refractivity contribution in [3.8, 4) is 0 Å². The normalized spacial score (nSPS) is 12.3. The third kappa shape index (κ3) is 4.78. The highest BCUT2D eigenvalue weighted by atomic mass is 16.1. The van der Waals surface area contributed by atoms with Crippen molar-refractivity contribution in [2.75, 3.05) is 5.32 Å². The molecule has 0 radical (unpaired) electrons. The maximum absolute atomic E-state index is 11.9. The average molecular weight is 248 g/mol. The Kier molecular flexibility index (Phi) is 5.69. The smallest absolute Gasteiger partial charge is 0.251 e. The average Bonchev–Trinajstić information content (AvgIpc) is 2.28. The third-order valence-electron chi connectivity index (χ3n) is 2.68. The van der Waals surface area contributed by atoms with Crippen LogP contribution in [0.4, 0.5) is 5.69 Å². The molecule has 1 unspecified atom stereocenters. The van der Waals surface area contributed by atoms with Crippen LogP contribution in [0.3, 0.4) is 0 Å². The van der Waals surface area contributed by atoms with E-state index in [1.165, 1.54) is 0 Å². The Morgan fingerprint density at radius 3 is 2.61 bits per heavy atom. The van der Waals surface area contributed by atoms with Crippen molar-refractivity contribution in [2.45, 2.75) is 52.6 Å². The maximum atomic E-state index is 11.9. The van der Waals surface area contributed by atoms with Gasteiger partial charge < -0.3 is 10.6 Å². The molecule has 0 heterocycles. The summed E-state index contributed by atoms with van der Waals surface area (Å²) in [5.74, 6) is -0.0169. The number of hydrogen-bond donors (Lipinski definition) is 2. The summed E-state index contributed by atoms with van der Waals surface area (Å²) in [6.07, 6.45) is 2.28. The van der Waals surface area contributed by atoms with Crippen LogP contribution in [0.1, 0.15) is 50.9 Å². The largest absolute Gasteiger partial charge is 0.383 e. The lowest BCUT2D eigenvalue weighted by atomic mass is 10.1. The number of carbonyl (C=O) groups excluding carboxylic acids is 1. The summed E-state index contributed by atoms with van der Waals surface area (Å²) in [5.41, 5.74) is 1.71. The van der Waals surface area contributed by atoms with Crippen molar-refractivity contribution in [3.63, 3.8) is 0 Å². The second-order valence-electron chi connectivity index (χ2n) is 5.04.